The van der Waals surface area contributed by atoms with Crippen LogP contribution in [0, 0.1) is 11.7 Å². The molecule has 1 atom stereocenters. The molecule has 5 rings (SSSR count). The summed E-state index contributed by atoms with van der Waals surface area (Å²) in [6.07, 6.45) is 4.26. The molecule has 0 bridgehead atoms. The van der Waals surface area contributed by atoms with E-state index in [9.17, 15) is 18.0 Å². The lowest BCUT2D eigenvalue weighted by atomic mass is 9.70. The predicted octanol–water partition coefficient (Wildman–Crippen LogP) is 4.43. The molecule has 3 heterocycles. The Morgan fingerprint density at radius 3 is 2.43 bits per heavy atom. The molecule has 30 heavy (non-hydrogen) atoms. The number of carbonyl (C=O) groups is 1. The highest BCUT2D eigenvalue weighted by atomic mass is 19.3. The number of likely N-dealkylation sites (tertiary alicyclic amines) is 1. The Hall–Kier alpha value is -2.83. The van der Waals surface area contributed by atoms with Crippen LogP contribution in [0.2, 0.25) is 0 Å². The predicted molar refractivity (Wildman–Crippen MR) is 106 cm³/mol. The van der Waals surface area contributed by atoms with Crippen LogP contribution < -0.4 is 0 Å². The highest BCUT2D eigenvalue weighted by molar-refractivity contribution is 5.77. The zero-order valence-electron chi connectivity index (χ0n) is 16.4. The van der Waals surface area contributed by atoms with Gasteiger partial charge in [-0.25, -0.2) is 18.2 Å². The van der Waals surface area contributed by atoms with E-state index in [0.717, 1.165) is 11.3 Å². The second-order valence-electron chi connectivity index (χ2n) is 8.43. The van der Waals surface area contributed by atoms with Crippen molar-refractivity contribution < 1.29 is 18.0 Å². The van der Waals surface area contributed by atoms with Gasteiger partial charge in [-0.1, -0.05) is 30.3 Å². The van der Waals surface area contributed by atoms with Gasteiger partial charge in [0, 0.05) is 49.7 Å². The molecule has 1 aliphatic carbocycles. The molecule has 0 radical (unpaired) electrons. The summed E-state index contributed by atoms with van der Waals surface area (Å²) in [4.78, 5) is 19.0. The average Bonchev–Trinajstić information content (AvgIpc) is 3.14. The minimum Gasteiger partial charge on any atom is -0.343 e. The standard InChI is InChI=1S/C23H22F3N3O/c24-18-6-7-20-27-19(15-29(20)14-18)22(16-4-2-1-3-5-16)8-10-28(11-9-22)21(30)12-17-13-23(17,25)26/h1-7,14-15,17H,8-13H2. The third-order valence-electron chi connectivity index (χ3n) is 6.58. The molecular formula is C23H22F3N3O. The molecule has 0 spiro atoms. The van der Waals surface area contributed by atoms with Gasteiger partial charge in [0.1, 0.15) is 11.5 Å². The van der Waals surface area contributed by atoms with Crippen molar-refractivity contribution >= 4 is 11.6 Å². The minimum atomic E-state index is -2.68. The van der Waals surface area contributed by atoms with Crippen LogP contribution in [-0.4, -0.2) is 39.2 Å². The Morgan fingerprint density at radius 1 is 1.07 bits per heavy atom. The van der Waals surface area contributed by atoms with Crippen molar-refractivity contribution in [3.8, 4) is 0 Å². The Balaban J connectivity index is 1.43. The number of aromatic nitrogens is 2. The summed E-state index contributed by atoms with van der Waals surface area (Å²) < 4.78 is 41.8. The maximum atomic E-state index is 13.7. The highest BCUT2D eigenvalue weighted by Gasteiger charge is 2.57. The van der Waals surface area contributed by atoms with Crippen LogP contribution in [0.15, 0.2) is 54.9 Å². The molecule has 0 N–H and O–H groups in total. The third kappa shape index (κ3) is 3.26. The molecule has 7 heteroatoms. The van der Waals surface area contributed by atoms with Crippen LogP contribution in [0.25, 0.3) is 5.65 Å². The van der Waals surface area contributed by atoms with Crippen molar-refractivity contribution in [1.82, 2.24) is 14.3 Å². The van der Waals surface area contributed by atoms with Crippen molar-refractivity contribution in [2.75, 3.05) is 13.1 Å². The molecule has 2 aromatic heterocycles. The first kappa shape index (κ1) is 19.2. The number of imidazole rings is 1. The number of hydrogen-bond donors (Lipinski definition) is 0. The number of alkyl halides is 2. The molecule has 1 aliphatic heterocycles. The number of halogens is 3. The first-order valence-electron chi connectivity index (χ1n) is 10.2. The first-order valence-corrected chi connectivity index (χ1v) is 10.2. The van der Waals surface area contributed by atoms with Gasteiger partial charge in [-0.15, -0.1) is 0 Å². The number of pyridine rings is 1. The summed E-state index contributed by atoms with van der Waals surface area (Å²) >= 11 is 0. The average molecular weight is 413 g/mol. The highest BCUT2D eigenvalue weighted by Crippen LogP contribution is 2.51. The number of fused-ring (bicyclic) bond motifs is 1. The van der Waals surface area contributed by atoms with E-state index in [-0.39, 0.29) is 24.6 Å². The Kier molecular flexibility index (Phi) is 4.38. The number of hydrogen-bond acceptors (Lipinski definition) is 2. The molecule has 3 aromatic rings. The van der Waals surface area contributed by atoms with Gasteiger partial charge in [-0.05, 0) is 30.5 Å². The van der Waals surface area contributed by atoms with Crippen LogP contribution in [0.4, 0.5) is 13.2 Å². The Bertz CT molecular complexity index is 1090. The summed E-state index contributed by atoms with van der Waals surface area (Å²) in [5.41, 5.74) is 2.18. The summed E-state index contributed by atoms with van der Waals surface area (Å²) in [5.74, 6) is -4.02. The second-order valence-corrected chi connectivity index (χ2v) is 8.43. The van der Waals surface area contributed by atoms with Gasteiger partial charge >= 0.3 is 0 Å². The number of nitrogens with zero attached hydrogens (tertiary/aromatic N) is 3. The van der Waals surface area contributed by atoms with Crippen LogP contribution in [0.3, 0.4) is 0 Å². The van der Waals surface area contributed by atoms with Gasteiger partial charge in [0.05, 0.1) is 5.69 Å². The second kappa shape index (κ2) is 6.86. The number of carbonyl (C=O) groups excluding carboxylic acids is 1. The third-order valence-corrected chi connectivity index (χ3v) is 6.58. The van der Waals surface area contributed by atoms with E-state index in [1.54, 1.807) is 15.4 Å². The molecule has 1 aromatic carbocycles. The fourth-order valence-corrected chi connectivity index (χ4v) is 4.61. The van der Waals surface area contributed by atoms with Gasteiger partial charge in [-0.3, -0.25) is 4.79 Å². The number of piperidine rings is 1. The molecule has 1 unspecified atom stereocenters. The van der Waals surface area contributed by atoms with Crippen LogP contribution in [0.5, 0.6) is 0 Å². The number of benzene rings is 1. The van der Waals surface area contributed by atoms with Crippen LogP contribution in [0.1, 0.15) is 36.9 Å². The van der Waals surface area contributed by atoms with Crippen molar-refractivity contribution in [3.05, 3.63) is 71.9 Å². The summed E-state index contributed by atoms with van der Waals surface area (Å²) in [6.45, 7) is 0.961. The first-order chi connectivity index (χ1) is 14.4. The normalized spacial score (nSPS) is 22.2. The smallest absolute Gasteiger partial charge is 0.252 e. The molecule has 1 amide bonds. The maximum absolute atomic E-state index is 13.7. The van der Waals surface area contributed by atoms with Gasteiger partial charge in [0.2, 0.25) is 5.91 Å². The molecule has 1 saturated carbocycles. The van der Waals surface area contributed by atoms with E-state index < -0.39 is 17.3 Å². The summed E-state index contributed by atoms with van der Waals surface area (Å²) in [6, 6.07) is 13.0. The quantitative estimate of drug-likeness (QED) is 0.635. The van der Waals surface area contributed by atoms with E-state index in [0.29, 0.717) is 31.6 Å². The van der Waals surface area contributed by atoms with Gasteiger partial charge < -0.3 is 9.30 Å². The van der Waals surface area contributed by atoms with Crippen LogP contribution >= 0.6 is 0 Å². The topological polar surface area (TPSA) is 37.6 Å². The Morgan fingerprint density at radius 2 is 1.77 bits per heavy atom. The number of amides is 1. The summed E-state index contributed by atoms with van der Waals surface area (Å²) in [5, 5.41) is 0. The molecule has 2 fully saturated rings. The SMILES string of the molecule is O=C(CC1CC1(F)F)N1CCC(c2ccccc2)(c2cn3cc(F)ccc3n2)CC1. The monoisotopic (exact) mass is 413 g/mol. The van der Waals surface area contributed by atoms with E-state index in [4.69, 9.17) is 4.98 Å². The molecule has 2 aliphatic rings. The van der Waals surface area contributed by atoms with E-state index >= 15 is 0 Å². The van der Waals surface area contributed by atoms with Crippen molar-refractivity contribution in [1.29, 1.82) is 0 Å². The van der Waals surface area contributed by atoms with Crippen molar-refractivity contribution in [2.24, 2.45) is 5.92 Å². The largest absolute Gasteiger partial charge is 0.343 e. The fourth-order valence-electron chi connectivity index (χ4n) is 4.61. The van der Waals surface area contributed by atoms with E-state index in [1.165, 1.54) is 12.3 Å². The number of rotatable bonds is 4. The molecule has 4 nitrogen and oxygen atoms in total. The zero-order chi connectivity index (χ0) is 20.9. The lowest BCUT2D eigenvalue weighted by molar-refractivity contribution is -0.133. The molecule has 156 valence electrons. The van der Waals surface area contributed by atoms with E-state index in [1.807, 2.05) is 36.5 Å². The lowest BCUT2D eigenvalue weighted by Gasteiger charge is -2.41. The summed E-state index contributed by atoms with van der Waals surface area (Å²) in [7, 11) is 0. The molecule has 1 saturated heterocycles. The molecular weight excluding hydrogens is 391 g/mol. The maximum Gasteiger partial charge on any atom is 0.252 e. The van der Waals surface area contributed by atoms with Gasteiger partial charge in [-0.2, -0.15) is 0 Å². The van der Waals surface area contributed by atoms with Crippen LogP contribution in [-0.2, 0) is 10.2 Å². The minimum absolute atomic E-state index is 0.0843. The zero-order valence-corrected chi connectivity index (χ0v) is 16.4. The van der Waals surface area contributed by atoms with Gasteiger partial charge in [0.25, 0.3) is 5.92 Å². The van der Waals surface area contributed by atoms with Gasteiger partial charge in [0.15, 0.2) is 0 Å². The Labute approximate surface area is 172 Å². The van der Waals surface area contributed by atoms with Crippen molar-refractivity contribution in [2.45, 2.75) is 37.0 Å². The van der Waals surface area contributed by atoms with E-state index in [2.05, 4.69) is 0 Å². The lowest BCUT2D eigenvalue weighted by Crippen LogP contribution is -2.46. The fraction of sp³-hybridized carbons (Fsp3) is 0.391. The van der Waals surface area contributed by atoms with Crippen molar-refractivity contribution in [3.63, 3.8) is 0 Å².